The zero-order valence-corrected chi connectivity index (χ0v) is 9.68. The Labute approximate surface area is 100 Å². The first-order chi connectivity index (χ1) is 8.22. The molecule has 4 nitrogen and oxygen atoms in total. The lowest BCUT2D eigenvalue weighted by atomic mass is 10.1. The van der Waals surface area contributed by atoms with Crippen LogP contribution in [0.2, 0.25) is 0 Å². The van der Waals surface area contributed by atoms with Crippen LogP contribution in [0.15, 0.2) is 30.4 Å². The van der Waals surface area contributed by atoms with Crippen LogP contribution in [0, 0.1) is 11.3 Å². The van der Waals surface area contributed by atoms with Gasteiger partial charge in [0.25, 0.3) is 0 Å². The summed E-state index contributed by atoms with van der Waals surface area (Å²) in [5.41, 5.74) is 0.805. The lowest BCUT2D eigenvalue weighted by Gasteiger charge is -2.09. The van der Waals surface area contributed by atoms with Crippen molar-refractivity contribution in [3.63, 3.8) is 0 Å². The lowest BCUT2D eigenvalue weighted by Crippen LogP contribution is -1.89. The molecular weight excluding hydrogens is 218 g/mol. The van der Waals surface area contributed by atoms with E-state index in [9.17, 15) is 5.11 Å². The van der Waals surface area contributed by atoms with Crippen molar-refractivity contribution < 1.29 is 14.6 Å². The SMILES string of the molecule is COc1cc(C=CC=CC#N)cc(OC)c1O. The Kier molecular flexibility index (Phi) is 4.64. The maximum Gasteiger partial charge on any atom is 0.200 e. The number of rotatable bonds is 4. The van der Waals surface area contributed by atoms with Crippen LogP contribution in [0.3, 0.4) is 0 Å². The van der Waals surface area contributed by atoms with Crippen LogP contribution >= 0.6 is 0 Å². The van der Waals surface area contributed by atoms with Gasteiger partial charge in [0.1, 0.15) is 0 Å². The van der Waals surface area contributed by atoms with Crippen molar-refractivity contribution in [3.05, 3.63) is 35.9 Å². The van der Waals surface area contributed by atoms with Crippen molar-refractivity contribution in [2.24, 2.45) is 0 Å². The summed E-state index contributed by atoms with van der Waals surface area (Å²) in [6, 6.07) is 5.24. The van der Waals surface area contributed by atoms with Crippen LogP contribution in [0.4, 0.5) is 0 Å². The van der Waals surface area contributed by atoms with Gasteiger partial charge in [0.2, 0.25) is 5.75 Å². The summed E-state index contributed by atoms with van der Waals surface area (Å²) in [5.74, 6) is 0.654. The highest BCUT2D eigenvalue weighted by Gasteiger charge is 2.09. The number of allylic oxidation sites excluding steroid dienone is 3. The fraction of sp³-hybridized carbons (Fsp3) is 0.154. The number of phenols is 1. The fourth-order valence-corrected chi connectivity index (χ4v) is 1.28. The van der Waals surface area contributed by atoms with E-state index in [1.54, 1.807) is 30.4 Å². The quantitative estimate of drug-likeness (QED) is 0.638. The average Bonchev–Trinajstić information content (AvgIpc) is 2.36. The normalized spacial score (nSPS) is 10.6. The molecule has 0 radical (unpaired) electrons. The number of methoxy groups -OCH3 is 2. The van der Waals surface area contributed by atoms with E-state index in [1.165, 1.54) is 20.3 Å². The van der Waals surface area contributed by atoms with Crippen LogP contribution < -0.4 is 9.47 Å². The predicted molar refractivity (Wildman–Crippen MR) is 65.0 cm³/mol. The zero-order chi connectivity index (χ0) is 12.7. The molecule has 1 aromatic rings. The number of ether oxygens (including phenoxy) is 2. The summed E-state index contributed by atoms with van der Waals surface area (Å²) in [4.78, 5) is 0. The number of phenolic OH excluding ortho intramolecular Hbond substituents is 1. The van der Waals surface area contributed by atoms with Gasteiger partial charge in [-0.05, 0) is 17.7 Å². The summed E-state index contributed by atoms with van der Waals surface area (Å²) in [6.45, 7) is 0. The van der Waals surface area contributed by atoms with E-state index in [1.807, 2.05) is 6.07 Å². The van der Waals surface area contributed by atoms with Gasteiger partial charge < -0.3 is 14.6 Å². The van der Waals surface area contributed by atoms with Crippen molar-refractivity contribution in [1.82, 2.24) is 0 Å². The number of benzene rings is 1. The molecule has 0 saturated carbocycles. The smallest absolute Gasteiger partial charge is 0.200 e. The standard InChI is InChI=1S/C13H13NO3/c1-16-11-8-10(6-4-3-5-7-14)9-12(17-2)13(11)15/h3-6,8-9,15H,1-2H3. The minimum atomic E-state index is -0.0280. The predicted octanol–water partition coefficient (Wildman–Crippen LogP) is 2.50. The van der Waals surface area contributed by atoms with Crippen molar-refractivity contribution in [1.29, 1.82) is 5.26 Å². The van der Waals surface area contributed by atoms with Crippen molar-refractivity contribution in [2.75, 3.05) is 14.2 Å². The summed E-state index contributed by atoms with van der Waals surface area (Å²) >= 11 is 0. The monoisotopic (exact) mass is 231 g/mol. The van der Waals surface area contributed by atoms with E-state index < -0.39 is 0 Å². The molecule has 0 unspecified atom stereocenters. The van der Waals surface area contributed by atoms with Gasteiger partial charge in [0, 0.05) is 6.08 Å². The fourth-order valence-electron chi connectivity index (χ4n) is 1.28. The van der Waals surface area contributed by atoms with Crippen LogP contribution in [-0.2, 0) is 0 Å². The molecule has 1 N–H and O–H groups in total. The van der Waals surface area contributed by atoms with E-state index in [4.69, 9.17) is 14.7 Å². The number of nitrogens with zero attached hydrogens (tertiary/aromatic N) is 1. The van der Waals surface area contributed by atoms with Gasteiger partial charge in [-0.15, -0.1) is 0 Å². The highest BCUT2D eigenvalue weighted by Crippen LogP contribution is 2.37. The van der Waals surface area contributed by atoms with Gasteiger partial charge in [-0.25, -0.2) is 0 Å². The maximum atomic E-state index is 9.69. The Morgan fingerprint density at radius 3 is 2.24 bits per heavy atom. The molecule has 0 bridgehead atoms. The molecule has 0 aromatic heterocycles. The lowest BCUT2D eigenvalue weighted by molar-refractivity contribution is 0.340. The topological polar surface area (TPSA) is 62.5 Å². The Hall–Kier alpha value is -2.41. The minimum Gasteiger partial charge on any atom is -0.502 e. The molecular formula is C13H13NO3. The Bertz CT molecular complexity index is 459. The second-order valence-corrected chi connectivity index (χ2v) is 3.12. The molecule has 0 aliphatic heterocycles. The molecule has 1 aromatic carbocycles. The molecule has 0 aliphatic carbocycles. The first-order valence-electron chi connectivity index (χ1n) is 4.90. The molecule has 4 heteroatoms. The summed E-state index contributed by atoms with van der Waals surface area (Å²) in [6.07, 6.45) is 6.48. The Morgan fingerprint density at radius 2 is 1.76 bits per heavy atom. The third kappa shape index (κ3) is 3.28. The third-order valence-corrected chi connectivity index (χ3v) is 2.07. The van der Waals surface area contributed by atoms with Gasteiger partial charge in [-0.2, -0.15) is 5.26 Å². The highest BCUT2D eigenvalue weighted by molar-refractivity contribution is 5.62. The second-order valence-electron chi connectivity index (χ2n) is 3.12. The van der Waals surface area contributed by atoms with Gasteiger partial charge in [-0.3, -0.25) is 0 Å². The molecule has 88 valence electrons. The molecule has 0 heterocycles. The molecule has 1 rings (SSSR count). The minimum absolute atomic E-state index is 0.0280. The molecule has 0 saturated heterocycles. The van der Waals surface area contributed by atoms with Crippen LogP contribution in [0.5, 0.6) is 17.2 Å². The molecule has 0 amide bonds. The summed E-state index contributed by atoms with van der Waals surface area (Å²) in [5, 5.41) is 18.0. The van der Waals surface area contributed by atoms with Crippen LogP contribution in [-0.4, -0.2) is 19.3 Å². The van der Waals surface area contributed by atoms with Gasteiger partial charge >= 0.3 is 0 Å². The molecule has 0 atom stereocenters. The van der Waals surface area contributed by atoms with Gasteiger partial charge in [-0.1, -0.05) is 18.2 Å². The summed E-state index contributed by atoms with van der Waals surface area (Å²) in [7, 11) is 2.94. The van der Waals surface area contributed by atoms with Gasteiger partial charge in [0.15, 0.2) is 11.5 Å². The van der Waals surface area contributed by atoms with E-state index in [-0.39, 0.29) is 5.75 Å². The Balaban J connectivity index is 3.06. The third-order valence-electron chi connectivity index (χ3n) is 2.07. The van der Waals surface area contributed by atoms with E-state index in [0.29, 0.717) is 11.5 Å². The first-order valence-corrected chi connectivity index (χ1v) is 4.90. The van der Waals surface area contributed by atoms with Crippen molar-refractivity contribution in [3.8, 4) is 23.3 Å². The summed E-state index contributed by atoms with van der Waals surface area (Å²) < 4.78 is 10.0. The van der Waals surface area contributed by atoms with Crippen molar-refractivity contribution >= 4 is 6.08 Å². The van der Waals surface area contributed by atoms with E-state index >= 15 is 0 Å². The molecule has 0 spiro atoms. The van der Waals surface area contributed by atoms with E-state index in [0.717, 1.165) is 5.56 Å². The Morgan fingerprint density at radius 1 is 1.18 bits per heavy atom. The zero-order valence-electron chi connectivity index (χ0n) is 9.68. The largest absolute Gasteiger partial charge is 0.502 e. The average molecular weight is 231 g/mol. The molecule has 0 aliphatic rings. The highest BCUT2D eigenvalue weighted by atomic mass is 16.5. The molecule has 0 fully saturated rings. The second kappa shape index (κ2) is 6.23. The molecule has 17 heavy (non-hydrogen) atoms. The number of nitriles is 1. The number of hydrogen-bond acceptors (Lipinski definition) is 4. The number of hydrogen-bond donors (Lipinski definition) is 1. The van der Waals surface area contributed by atoms with Crippen LogP contribution in [0.25, 0.3) is 6.08 Å². The van der Waals surface area contributed by atoms with E-state index in [2.05, 4.69) is 0 Å². The first kappa shape index (κ1) is 12.7. The van der Waals surface area contributed by atoms with Crippen LogP contribution in [0.1, 0.15) is 5.56 Å². The maximum absolute atomic E-state index is 9.69. The number of aromatic hydroxyl groups is 1. The van der Waals surface area contributed by atoms with Gasteiger partial charge in [0.05, 0.1) is 20.3 Å². The van der Waals surface area contributed by atoms with Crippen molar-refractivity contribution in [2.45, 2.75) is 0 Å².